The lowest BCUT2D eigenvalue weighted by Crippen LogP contribution is -2.05. The van der Waals surface area contributed by atoms with Crippen molar-refractivity contribution in [2.24, 2.45) is 5.92 Å². The molecule has 0 aliphatic carbocycles. The summed E-state index contributed by atoms with van der Waals surface area (Å²) in [5.74, 6) is 1.92. The summed E-state index contributed by atoms with van der Waals surface area (Å²) < 4.78 is 6.29. The van der Waals surface area contributed by atoms with Crippen molar-refractivity contribution in [3.63, 3.8) is 0 Å². The number of allylic oxidation sites excluding steroid dienone is 2. The van der Waals surface area contributed by atoms with E-state index in [0.717, 1.165) is 18.9 Å². The van der Waals surface area contributed by atoms with Gasteiger partial charge in [-0.3, -0.25) is 0 Å². The van der Waals surface area contributed by atoms with Crippen LogP contribution in [0.5, 0.6) is 5.75 Å². The molecule has 0 aliphatic heterocycles. The summed E-state index contributed by atoms with van der Waals surface area (Å²) in [5, 5.41) is 0. The number of hydrogen-bond acceptors (Lipinski definition) is 1. The largest absolute Gasteiger partial charge is 0.493 e. The van der Waals surface area contributed by atoms with Crippen LogP contribution < -0.4 is 4.74 Å². The van der Waals surface area contributed by atoms with Gasteiger partial charge in [-0.25, -0.2) is 0 Å². The molecule has 0 amide bonds. The second kappa shape index (κ2) is 15.7. The fourth-order valence-corrected chi connectivity index (χ4v) is 3.50. The standard InChI is InChI=1S/C26H44O.CH4/c1-7-8-9-10-11-12-20-27-26-24(6)23(5)17-19-25(26)18-16-22(4)15-13-14-21(2)3;/h14,17,19,22H,7-13,15-16,18,20H2,1-6H3;1H4. The molecule has 162 valence electrons. The molecule has 1 aromatic carbocycles. The molecule has 1 aromatic rings. The van der Waals surface area contributed by atoms with Crippen LogP contribution in [0.1, 0.15) is 110 Å². The Morgan fingerprint density at radius 1 is 1.00 bits per heavy atom. The number of unbranched alkanes of at least 4 members (excludes halogenated alkanes) is 5. The number of benzene rings is 1. The van der Waals surface area contributed by atoms with Crippen molar-refractivity contribution in [1.82, 2.24) is 0 Å². The van der Waals surface area contributed by atoms with Gasteiger partial charge in [-0.2, -0.15) is 0 Å². The molecule has 0 aliphatic rings. The Balaban J connectivity index is 0.00000729. The Bertz CT molecular complexity index is 552. The summed E-state index contributed by atoms with van der Waals surface area (Å²) in [7, 11) is 0. The molecule has 1 nitrogen and oxygen atoms in total. The zero-order valence-corrected chi connectivity index (χ0v) is 19.0. The lowest BCUT2D eigenvalue weighted by Gasteiger charge is -2.17. The van der Waals surface area contributed by atoms with Gasteiger partial charge in [0.25, 0.3) is 0 Å². The monoisotopic (exact) mass is 388 g/mol. The molecule has 0 heterocycles. The molecule has 0 spiro atoms. The summed E-state index contributed by atoms with van der Waals surface area (Å²) >= 11 is 0. The molecular weight excluding hydrogens is 340 g/mol. The Kier molecular flexibility index (Phi) is 15.0. The van der Waals surface area contributed by atoms with Crippen LogP contribution in [0.2, 0.25) is 0 Å². The molecule has 0 radical (unpaired) electrons. The first-order chi connectivity index (χ1) is 13.0. The maximum atomic E-state index is 6.29. The summed E-state index contributed by atoms with van der Waals surface area (Å²) in [4.78, 5) is 0. The SMILES string of the molecule is C.CCCCCCCCOc1c(CCC(C)CCC=C(C)C)ccc(C)c1C. The number of aryl methyl sites for hydroxylation is 2. The van der Waals surface area contributed by atoms with Gasteiger partial charge in [0.05, 0.1) is 6.61 Å². The normalized spacial score (nSPS) is 11.6. The zero-order chi connectivity index (χ0) is 20.1. The van der Waals surface area contributed by atoms with Gasteiger partial charge >= 0.3 is 0 Å². The zero-order valence-electron chi connectivity index (χ0n) is 19.0. The van der Waals surface area contributed by atoms with Crippen molar-refractivity contribution in [1.29, 1.82) is 0 Å². The molecule has 0 fully saturated rings. The van der Waals surface area contributed by atoms with Crippen LogP contribution in [0.3, 0.4) is 0 Å². The highest BCUT2D eigenvalue weighted by molar-refractivity contribution is 5.45. The lowest BCUT2D eigenvalue weighted by molar-refractivity contribution is 0.298. The minimum Gasteiger partial charge on any atom is -0.493 e. The van der Waals surface area contributed by atoms with Crippen LogP contribution in [-0.2, 0) is 6.42 Å². The molecule has 1 heteroatoms. The van der Waals surface area contributed by atoms with Crippen LogP contribution in [0.15, 0.2) is 23.8 Å². The van der Waals surface area contributed by atoms with Crippen LogP contribution >= 0.6 is 0 Å². The van der Waals surface area contributed by atoms with Crippen LogP contribution in [0.25, 0.3) is 0 Å². The number of ether oxygens (including phenoxy) is 1. The summed E-state index contributed by atoms with van der Waals surface area (Å²) in [5.41, 5.74) is 5.50. The van der Waals surface area contributed by atoms with E-state index < -0.39 is 0 Å². The first-order valence-corrected chi connectivity index (χ1v) is 11.3. The molecule has 0 N–H and O–H groups in total. The van der Waals surface area contributed by atoms with E-state index in [1.165, 1.54) is 85.8 Å². The summed E-state index contributed by atoms with van der Waals surface area (Å²) in [6, 6.07) is 4.55. The highest BCUT2D eigenvalue weighted by Crippen LogP contribution is 2.29. The van der Waals surface area contributed by atoms with Crippen molar-refractivity contribution in [2.75, 3.05) is 6.61 Å². The predicted octanol–water partition coefficient (Wildman–Crippen LogP) is 8.99. The van der Waals surface area contributed by atoms with Crippen molar-refractivity contribution >= 4 is 0 Å². The van der Waals surface area contributed by atoms with Gasteiger partial charge in [-0.05, 0) is 82.4 Å². The Morgan fingerprint density at radius 2 is 1.68 bits per heavy atom. The average Bonchev–Trinajstić information content (AvgIpc) is 2.63. The van der Waals surface area contributed by atoms with E-state index in [4.69, 9.17) is 4.74 Å². The van der Waals surface area contributed by atoms with E-state index in [1.54, 1.807) is 0 Å². The van der Waals surface area contributed by atoms with Gasteiger partial charge in [0.2, 0.25) is 0 Å². The predicted molar refractivity (Wildman–Crippen MR) is 128 cm³/mol. The fourth-order valence-electron chi connectivity index (χ4n) is 3.50. The maximum absolute atomic E-state index is 6.29. The topological polar surface area (TPSA) is 9.23 Å². The fraction of sp³-hybridized carbons (Fsp3) is 0.704. The van der Waals surface area contributed by atoms with E-state index in [-0.39, 0.29) is 7.43 Å². The van der Waals surface area contributed by atoms with Gasteiger partial charge in [-0.1, -0.05) is 77.2 Å². The second-order valence-electron chi connectivity index (χ2n) is 8.61. The van der Waals surface area contributed by atoms with E-state index in [0.29, 0.717) is 0 Å². The van der Waals surface area contributed by atoms with Gasteiger partial charge in [0.1, 0.15) is 5.75 Å². The van der Waals surface area contributed by atoms with Crippen LogP contribution in [0, 0.1) is 19.8 Å². The van der Waals surface area contributed by atoms with Crippen molar-refractivity contribution < 1.29 is 4.74 Å². The van der Waals surface area contributed by atoms with Crippen molar-refractivity contribution in [2.45, 2.75) is 113 Å². The summed E-state index contributed by atoms with van der Waals surface area (Å²) in [6.45, 7) is 14.3. The molecular formula is C27H48O. The van der Waals surface area contributed by atoms with E-state index in [1.807, 2.05) is 0 Å². The summed E-state index contributed by atoms with van der Waals surface area (Å²) in [6.07, 6.45) is 15.1. The molecule has 1 atom stereocenters. The van der Waals surface area contributed by atoms with Crippen molar-refractivity contribution in [3.05, 3.63) is 40.5 Å². The number of hydrogen-bond donors (Lipinski definition) is 0. The lowest BCUT2D eigenvalue weighted by atomic mass is 9.94. The van der Waals surface area contributed by atoms with Gasteiger partial charge in [0.15, 0.2) is 0 Å². The molecule has 1 unspecified atom stereocenters. The molecule has 1 rings (SSSR count). The Labute approximate surface area is 177 Å². The minimum absolute atomic E-state index is 0. The third-order valence-corrected chi connectivity index (χ3v) is 5.62. The minimum atomic E-state index is 0. The molecule has 0 aromatic heterocycles. The molecule has 0 saturated heterocycles. The quantitative estimate of drug-likeness (QED) is 0.228. The Morgan fingerprint density at radius 3 is 2.36 bits per heavy atom. The third-order valence-electron chi connectivity index (χ3n) is 5.62. The first-order valence-electron chi connectivity index (χ1n) is 11.3. The molecule has 0 saturated carbocycles. The molecule has 0 bridgehead atoms. The first kappa shape index (κ1) is 26.8. The van der Waals surface area contributed by atoms with Gasteiger partial charge < -0.3 is 4.74 Å². The Hall–Kier alpha value is -1.24. The third kappa shape index (κ3) is 10.9. The number of rotatable bonds is 14. The van der Waals surface area contributed by atoms with E-state index in [2.05, 4.69) is 59.8 Å². The van der Waals surface area contributed by atoms with Gasteiger partial charge in [0, 0.05) is 0 Å². The van der Waals surface area contributed by atoms with Gasteiger partial charge in [-0.15, -0.1) is 0 Å². The van der Waals surface area contributed by atoms with Crippen molar-refractivity contribution in [3.8, 4) is 5.75 Å². The van der Waals surface area contributed by atoms with Crippen LogP contribution in [-0.4, -0.2) is 6.61 Å². The molecule has 28 heavy (non-hydrogen) atoms. The highest BCUT2D eigenvalue weighted by Gasteiger charge is 2.11. The average molecular weight is 389 g/mol. The van der Waals surface area contributed by atoms with E-state index in [9.17, 15) is 0 Å². The van der Waals surface area contributed by atoms with Crippen LogP contribution in [0.4, 0.5) is 0 Å². The maximum Gasteiger partial charge on any atom is 0.125 e. The second-order valence-corrected chi connectivity index (χ2v) is 8.61. The smallest absolute Gasteiger partial charge is 0.125 e. The highest BCUT2D eigenvalue weighted by atomic mass is 16.5. The van der Waals surface area contributed by atoms with E-state index >= 15 is 0 Å².